The minimum atomic E-state index is -0.208. The fourth-order valence-electron chi connectivity index (χ4n) is 1.63. The van der Waals surface area contributed by atoms with Gasteiger partial charge in [0.1, 0.15) is 5.82 Å². The van der Waals surface area contributed by atoms with Gasteiger partial charge >= 0.3 is 0 Å². The second-order valence-corrected chi connectivity index (χ2v) is 5.35. The van der Waals surface area contributed by atoms with Crippen molar-refractivity contribution < 1.29 is 4.39 Å². The molecule has 1 atom stereocenters. The normalized spacial score (nSPS) is 12.2. The number of nitrogens with one attached hydrogen (secondary N) is 1. The molecule has 0 saturated heterocycles. The van der Waals surface area contributed by atoms with Gasteiger partial charge in [-0.25, -0.2) is 14.4 Å². The third kappa shape index (κ3) is 3.90. The predicted octanol–water partition coefficient (Wildman–Crippen LogP) is 3.26. The molecule has 0 bridgehead atoms. The zero-order valence-electron chi connectivity index (χ0n) is 9.90. The summed E-state index contributed by atoms with van der Waals surface area (Å²) in [6.07, 6.45) is 4.33. The standard InChI is InChI=1S/C13H13FIN3/c1-9(6-10-2-4-11(14)5-3-10)18-13-16-7-12(15)8-17-13/h2-5,7-9H,6H2,1H3,(H,16,17,18). The molecular weight excluding hydrogens is 344 g/mol. The van der Waals surface area contributed by atoms with Gasteiger partial charge in [0.25, 0.3) is 0 Å². The van der Waals surface area contributed by atoms with Gasteiger partial charge in [0.15, 0.2) is 0 Å². The zero-order chi connectivity index (χ0) is 13.0. The molecule has 0 radical (unpaired) electrons. The molecule has 2 rings (SSSR count). The molecule has 0 aliphatic rings. The van der Waals surface area contributed by atoms with Gasteiger partial charge in [-0.05, 0) is 53.6 Å². The van der Waals surface area contributed by atoms with E-state index >= 15 is 0 Å². The van der Waals surface area contributed by atoms with Crippen molar-refractivity contribution in [3.8, 4) is 0 Å². The monoisotopic (exact) mass is 357 g/mol. The molecule has 1 aromatic heterocycles. The number of rotatable bonds is 4. The maximum absolute atomic E-state index is 12.8. The van der Waals surface area contributed by atoms with E-state index in [-0.39, 0.29) is 11.9 Å². The van der Waals surface area contributed by atoms with Crippen molar-refractivity contribution in [2.45, 2.75) is 19.4 Å². The third-order valence-corrected chi connectivity index (χ3v) is 3.01. The Morgan fingerprint density at radius 1 is 1.22 bits per heavy atom. The Morgan fingerprint density at radius 3 is 2.44 bits per heavy atom. The molecule has 0 saturated carbocycles. The van der Waals surface area contributed by atoms with Crippen LogP contribution in [-0.4, -0.2) is 16.0 Å². The Kier molecular flexibility index (Phi) is 4.46. The summed E-state index contributed by atoms with van der Waals surface area (Å²) >= 11 is 2.16. The van der Waals surface area contributed by atoms with Crippen LogP contribution >= 0.6 is 22.6 Å². The second-order valence-electron chi connectivity index (χ2n) is 4.10. The molecule has 1 aromatic carbocycles. The van der Waals surface area contributed by atoms with E-state index < -0.39 is 0 Å². The molecule has 1 heterocycles. The first-order valence-electron chi connectivity index (χ1n) is 5.62. The van der Waals surface area contributed by atoms with Crippen molar-refractivity contribution in [1.82, 2.24) is 9.97 Å². The van der Waals surface area contributed by atoms with Crippen LogP contribution in [0.5, 0.6) is 0 Å². The summed E-state index contributed by atoms with van der Waals surface area (Å²) in [4.78, 5) is 8.37. The number of anilines is 1. The number of hydrogen-bond donors (Lipinski definition) is 1. The average Bonchev–Trinajstić information content (AvgIpc) is 2.35. The van der Waals surface area contributed by atoms with Gasteiger partial charge in [-0.15, -0.1) is 0 Å². The van der Waals surface area contributed by atoms with Crippen molar-refractivity contribution in [3.05, 3.63) is 51.6 Å². The highest BCUT2D eigenvalue weighted by atomic mass is 127. The van der Waals surface area contributed by atoms with Crippen LogP contribution < -0.4 is 5.32 Å². The lowest BCUT2D eigenvalue weighted by atomic mass is 10.1. The van der Waals surface area contributed by atoms with E-state index in [4.69, 9.17) is 0 Å². The van der Waals surface area contributed by atoms with Gasteiger partial charge in [0, 0.05) is 22.0 Å². The topological polar surface area (TPSA) is 37.8 Å². The van der Waals surface area contributed by atoms with Gasteiger partial charge in [-0.2, -0.15) is 0 Å². The quantitative estimate of drug-likeness (QED) is 0.854. The minimum Gasteiger partial charge on any atom is -0.351 e. The van der Waals surface area contributed by atoms with Crippen LogP contribution in [0, 0.1) is 9.39 Å². The Balaban J connectivity index is 1.94. The molecule has 1 N–H and O–H groups in total. The van der Waals surface area contributed by atoms with Crippen LogP contribution in [0.2, 0.25) is 0 Å². The smallest absolute Gasteiger partial charge is 0.222 e. The number of hydrogen-bond acceptors (Lipinski definition) is 3. The molecule has 0 aliphatic carbocycles. The van der Waals surface area contributed by atoms with E-state index in [1.807, 2.05) is 6.92 Å². The van der Waals surface area contributed by atoms with Gasteiger partial charge in [-0.3, -0.25) is 0 Å². The van der Waals surface area contributed by atoms with Crippen LogP contribution in [-0.2, 0) is 6.42 Å². The van der Waals surface area contributed by atoms with Gasteiger partial charge in [0.2, 0.25) is 5.95 Å². The van der Waals surface area contributed by atoms with E-state index in [0.717, 1.165) is 15.6 Å². The van der Waals surface area contributed by atoms with Crippen molar-refractivity contribution in [2.75, 3.05) is 5.32 Å². The van der Waals surface area contributed by atoms with Gasteiger partial charge in [-0.1, -0.05) is 12.1 Å². The number of halogens is 2. The first-order valence-corrected chi connectivity index (χ1v) is 6.70. The van der Waals surface area contributed by atoms with Crippen molar-refractivity contribution in [3.63, 3.8) is 0 Å². The molecule has 0 fully saturated rings. The summed E-state index contributed by atoms with van der Waals surface area (Å²) in [5.41, 5.74) is 1.09. The molecule has 0 aliphatic heterocycles. The van der Waals surface area contributed by atoms with Crippen LogP contribution in [0.25, 0.3) is 0 Å². The highest BCUT2D eigenvalue weighted by molar-refractivity contribution is 14.1. The number of nitrogens with zero attached hydrogens (tertiary/aromatic N) is 2. The maximum Gasteiger partial charge on any atom is 0.222 e. The Hall–Kier alpha value is -1.24. The van der Waals surface area contributed by atoms with Crippen molar-refractivity contribution in [2.24, 2.45) is 0 Å². The van der Waals surface area contributed by atoms with Crippen molar-refractivity contribution in [1.29, 1.82) is 0 Å². The molecule has 2 aromatic rings. The van der Waals surface area contributed by atoms with Crippen LogP contribution in [0.4, 0.5) is 10.3 Å². The van der Waals surface area contributed by atoms with Crippen LogP contribution in [0.3, 0.4) is 0 Å². The third-order valence-electron chi connectivity index (χ3n) is 2.45. The first-order chi connectivity index (χ1) is 8.63. The molecule has 18 heavy (non-hydrogen) atoms. The summed E-state index contributed by atoms with van der Waals surface area (Å²) in [6, 6.07) is 6.73. The fourth-order valence-corrected chi connectivity index (χ4v) is 1.91. The van der Waals surface area contributed by atoms with Crippen molar-refractivity contribution >= 4 is 28.5 Å². The Labute approximate surface area is 119 Å². The summed E-state index contributed by atoms with van der Waals surface area (Å²) in [5, 5.41) is 3.21. The maximum atomic E-state index is 12.8. The SMILES string of the molecule is CC(Cc1ccc(F)cc1)Nc1ncc(I)cn1. The lowest BCUT2D eigenvalue weighted by molar-refractivity contribution is 0.626. The molecule has 0 spiro atoms. The molecular formula is C13H13FIN3. The first kappa shape index (κ1) is 13.2. The Bertz CT molecular complexity index is 451. The Morgan fingerprint density at radius 2 is 1.83 bits per heavy atom. The second kappa shape index (κ2) is 6.08. The highest BCUT2D eigenvalue weighted by Crippen LogP contribution is 2.09. The van der Waals surface area contributed by atoms with E-state index in [1.54, 1.807) is 24.5 Å². The largest absolute Gasteiger partial charge is 0.351 e. The predicted molar refractivity (Wildman–Crippen MR) is 77.9 cm³/mol. The van der Waals surface area contributed by atoms with Gasteiger partial charge in [0.05, 0.1) is 0 Å². The summed E-state index contributed by atoms with van der Waals surface area (Å²) < 4.78 is 13.8. The summed E-state index contributed by atoms with van der Waals surface area (Å²) in [5.74, 6) is 0.408. The average molecular weight is 357 g/mol. The molecule has 3 nitrogen and oxygen atoms in total. The number of benzene rings is 1. The molecule has 1 unspecified atom stereocenters. The minimum absolute atomic E-state index is 0.190. The fraction of sp³-hybridized carbons (Fsp3) is 0.231. The van der Waals surface area contributed by atoms with E-state index in [9.17, 15) is 4.39 Å². The highest BCUT2D eigenvalue weighted by Gasteiger charge is 2.05. The van der Waals surface area contributed by atoms with Crippen LogP contribution in [0.15, 0.2) is 36.7 Å². The molecule has 94 valence electrons. The van der Waals surface area contributed by atoms with E-state index in [2.05, 4.69) is 37.9 Å². The van der Waals surface area contributed by atoms with Crippen LogP contribution in [0.1, 0.15) is 12.5 Å². The lowest BCUT2D eigenvalue weighted by Gasteiger charge is -2.13. The summed E-state index contributed by atoms with van der Waals surface area (Å²) in [6.45, 7) is 2.05. The van der Waals surface area contributed by atoms with Gasteiger partial charge < -0.3 is 5.32 Å². The van der Waals surface area contributed by atoms with E-state index in [0.29, 0.717) is 5.95 Å². The molecule has 5 heteroatoms. The van der Waals surface area contributed by atoms with E-state index in [1.165, 1.54) is 12.1 Å². The lowest BCUT2D eigenvalue weighted by Crippen LogP contribution is -2.19. The zero-order valence-corrected chi connectivity index (χ0v) is 12.1. The summed E-state index contributed by atoms with van der Waals surface area (Å²) in [7, 11) is 0. The molecule has 0 amide bonds. The number of aromatic nitrogens is 2.